The molecule has 0 fully saturated rings. The topological polar surface area (TPSA) is 12.0 Å². The number of hydrogen-bond donors (Lipinski definition) is 1. The molecule has 2 aromatic rings. The highest BCUT2D eigenvalue weighted by molar-refractivity contribution is 6.31. The molecule has 0 aromatic heterocycles. The molecule has 1 unspecified atom stereocenters. The molecular formula is C16H17ClFN. The molecule has 0 radical (unpaired) electrons. The Morgan fingerprint density at radius 1 is 1.21 bits per heavy atom. The Kier molecular flexibility index (Phi) is 4.56. The van der Waals surface area contributed by atoms with Gasteiger partial charge >= 0.3 is 0 Å². The maximum absolute atomic E-state index is 13.9. The van der Waals surface area contributed by atoms with Crippen LogP contribution >= 0.6 is 11.6 Å². The molecule has 1 nitrogen and oxygen atoms in total. The Labute approximate surface area is 118 Å². The Bertz CT molecular complexity index is 568. The molecule has 19 heavy (non-hydrogen) atoms. The number of rotatable bonds is 4. The van der Waals surface area contributed by atoms with E-state index in [1.807, 2.05) is 44.3 Å². The van der Waals surface area contributed by atoms with Crippen molar-refractivity contribution in [3.05, 3.63) is 70.0 Å². The van der Waals surface area contributed by atoms with E-state index in [9.17, 15) is 4.39 Å². The van der Waals surface area contributed by atoms with Crippen LogP contribution in [0.3, 0.4) is 0 Å². The molecule has 2 rings (SSSR count). The molecule has 1 atom stereocenters. The Morgan fingerprint density at radius 2 is 1.95 bits per heavy atom. The van der Waals surface area contributed by atoms with Crippen molar-refractivity contribution in [3.63, 3.8) is 0 Å². The summed E-state index contributed by atoms with van der Waals surface area (Å²) in [6.07, 6.45) is 0.663. The molecule has 0 spiro atoms. The van der Waals surface area contributed by atoms with Crippen molar-refractivity contribution >= 4 is 11.6 Å². The van der Waals surface area contributed by atoms with Gasteiger partial charge in [0.25, 0.3) is 0 Å². The van der Waals surface area contributed by atoms with Crippen LogP contribution in [0.1, 0.15) is 22.7 Å². The number of halogens is 2. The molecule has 3 heteroatoms. The van der Waals surface area contributed by atoms with Crippen molar-refractivity contribution in [3.8, 4) is 0 Å². The summed E-state index contributed by atoms with van der Waals surface area (Å²) in [6, 6.07) is 12.8. The van der Waals surface area contributed by atoms with Crippen LogP contribution in [0, 0.1) is 12.7 Å². The summed E-state index contributed by atoms with van der Waals surface area (Å²) in [4.78, 5) is 0. The third kappa shape index (κ3) is 3.34. The molecule has 0 aliphatic heterocycles. The van der Waals surface area contributed by atoms with Crippen LogP contribution in [-0.2, 0) is 6.42 Å². The second-order valence-electron chi connectivity index (χ2n) is 4.66. The highest BCUT2D eigenvalue weighted by atomic mass is 35.5. The normalized spacial score (nSPS) is 12.4. The summed E-state index contributed by atoms with van der Waals surface area (Å²) in [6.45, 7) is 1.96. The highest BCUT2D eigenvalue weighted by Gasteiger charge is 2.15. The standard InChI is InChI=1S/C16H17ClFN/c1-11-7-8-15(18)13(9-11)16(19-2)10-12-5-3-4-6-14(12)17/h3-9,16,19H,10H2,1-2H3. The minimum Gasteiger partial charge on any atom is -0.313 e. The number of aryl methyl sites for hydroxylation is 1. The first-order valence-corrected chi connectivity index (χ1v) is 6.66. The van der Waals surface area contributed by atoms with Gasteiger partial charge < -0.3 is 5.32 Å². The SMILES string of the molecule is CNC(Cc1ccccc1Cl)c1cc(C)ccc1F. The van der Waals surface area contributed by atoms with E-state index in [4.69, 9.17) is 11.6 Å². The fourth-order valence-corrected chi connectivity index (χ4v) is 2.39. The van der Waals surface area contributed by atoms with Gasteiger partial charge in [-0.1, -0.05) is 47.5 Å². The van der Waals surface area contributed by atoms with E-state index in [1.54, 1.807) is 6.07 Å². The highest BCUT2D eigenvalue weighted by Crippen LogP contribution is 2.25. The smallest absolute Gasteiger partial charge is 0.128 e. The molecule has 0 aliphatic rings. The van der Waals surface area contributed by atoms with Gasteiger partial charge in [-0.15, -0.1) is 0 Å². The third-order valence-corrected chi connectivity index (χ3v) is 3.63. The maximum atomic E-state index is 13.9. The van der Waals surface area contributed by atoms with E-state index >= 15 is 0 Å². The molecule has 0 saturated heterocycles. The van der Waals surface area contributed by atoms with Crippen molar-refractivity contribution in [1.82, 2.24) is 5.32 Å². The van der Waals surface area contributed by atoms with Crippen LogP contribution in [0.5, 0.6) is 0 Å². The number of benzene rings is 2. The molecule has 0 aliphatic carbocycles. The number of nitrogens with one attached hydrogen (secondary N) is 1. The monoisotopic (exact) mass is 277 g/mol. The largest absolute Gasteiger partial charge is 0.313 e. The van der Waals surface area contributed by atoms with Gasteiger partial charge in [-0.2, -0.15) is 0 Å². The van der Waals surface area contributed by atoms with E-state index in [0.717, 1.165) is 16.1 Å². The van der Waals surface area contributed by atoms with E-state index in [0.29, 0.717) is 12.0 Å². The van der Waals surface area contributed by atoms with Crippen LogP contribution in [0.25, 0.3) is 0 Å². The van der Waals surface area contributed by atoms with Gasteiger partial charge in [0, 0.05) is 16.6 Å². The molecule has 0 heterocycles. The van der Waals surface area contributed by atoms with Gasteiger partial charge in [-0.05, 0) is 38.1 Å². The first-order chi connectivity index (χ1) is 9.11. The molecule has 1 N–H and O–H groups in total. The molecule has 0 saturated carbocycles. The summed E-state index contributed by atoms with van der Waals surface area (Å²) in [5.41, 5.74) is 2.75. The first-order valence-electron chi connectivity index (χ1n) is 6.28. The van der Waals surface area contributed by atoms with Gasteiger partial charge in [0.05, 0.1) is 0 Å². The van der Waals surface area contributed by atoms with Crippen molar-refractivity contribution < 1.29 is 4.39 Å². The molecular weight excluding hydrogens is 261 g/mol. The fraction of sp³-hybridized carbons (Fsp3) is 0.250. The van der Waals surface area contributed by atoms with E-state index < -0.39 is 0 Å². The average Bonchev–Trinajstić information content (AvgIpc) is 2.41. The predicted octanol–water partition coefficient (Wildman–Crippen LogP) is 4.29. The summed E-state index contributed by atoms with van der Waals surface area (Å²) in [5.74, 6) is -0.183. The lowest BCUT2D eigenvalue weighted by Gasteiger charge is -2.18. The summed E-state index contributed by atoms with van der Waals surface area (Å²) in [5, 5.41) is 3.88. The van der Waals surface area contributed by atoms with Gasteiger partial charge in [0.1, 0.15) is 5.82 Å². The second kappa shape index (κ2) is 6.18. The Morgan fingerprint density at radius 3 is 2.63 bits per heavy atom. The van der Waals surface area contributed by atoms with E-state index in [1.165, 1.54) is 6.07 Å². The number of likely N-dealkylation sites (N-methyl/N-ethyl adjacent to an activating group) is 1. The minimum absolute atomic E-state index is 0.0835. The maximum Gasteiger partial charge on any atom is 0.128 e. The average molecular weight is 278 g/mol. The summed E-state index contributed by atoms with van der Waals surface area (Å²) < 4.78 is 13.9. The molecule has 2 aromatic carbocycles. The van der Waals surface area contributed by atoms with Crippen LogP contribution in [0.2, 0.25) is 5.02 Å². The predicted molar refractivity (Wildman–Crippen MR) is 78.1 cm³/mol. The number of hydrogen-bond acceptors (Lipinski definition) is 1. The lowest BCUT2D eigenvalue weighted by Crippen LogP contribution is -2.20. The first kappa shape index (κ1) is 14.0. The molecule has 100 valence electrons. The van der Waals surface area contributed by atoms with Crippen molar-refractivity contribution in [2.24, 2.45) is 0 Å². The van der Waals surface area contributed by atoms with Gasteiger partial charge in [-0.25, -0.2) is 4.39 Å². The zero-order chi connectivity index (χ0) is 13.8. The zero-order valence-electron chi connectivity index (χ0n) is 11.1. The van der Waals surface area contributed by atoms with Crippen LogP contribution < -0.4 is 5.32 Å². The van der Waals surface area contributed by atoms with Crippen molar-refractivity contribution in [2.45, 2.75) is 19.4 Å². The van der Waals surface area contributed by atoms with Crippen molar-refractivity contribution in [2.75, 3.05) is 7.05 Å². The van der Waals surface area contributed by atoms with Crippen LogP contribution in [0.15, 0.2) is 42.5 Å². The zero-order valence-corrected chi connectivity index (χ0v) is 11.8. The van der Waals surface area contributed by atoms with Crippen molar-refractivity contribution in [1.29, 1.82) is 0 Å². The second-order valence-corrected chi connectivity index (χ2v) is 5.07. The van der Waals surface area contributed by atoms with Crippen LogP contribution in [-0.4, -0.2) is 7.05 Å². The Balaban J connectivity index is 2.30. The third-order valence-electron chi connectivity index (χ3n) is 3.26. The van der Waals surface area contributed by atoms with E-state index in [2.05, 4.69) is 5.32 Å². The lowest BCUT2D eigenvalue weighted by molar-refractivity contribution is 0.533. The quantitative estimate of drug-likeness (QED) is 0.879. The van der Waals surface area contributed by atoms with Gasteiger partial charge in [0.15, 0.2) is 0 Å². The van der Waals surface area contributed by atoms with E-state index in [-0.39, 0.29) is 11.9 Å². The van der Waals surface area contributed by atoms with Gasteiger partial charge in [0.2, 0.25) is 0 Å². The van der Waals surface area contributed by atoms with Crippen LogP contribution in [0.4, 0.5) is 4.39 Å². The lowest BCUT2D eigenvalue weighted by atomic mass is 9.97. The Hall–Kier alpha value is -1.38. The minimum atomic E-state index is -0.183. The molecule has 0 bridgehead atoms. The van der Waals surface area contributed by atoms with Gasteiger partial charge in [-0.3, -0.25) is 0 Å². The molecule has 0 amide bonds. The fourth-order valence-electron chi connectivity index (χ4n) is 2.18. The summed E-state index contributed by atoms with van der Waals surface area (Å²) >= 11 is 6.16. The summed E-state index contributed by atoms with van der Waals surface area (Å²) in [7, 11) is 1.84.